The molecule has 21 heavy (non-hydrogen) atoms. The Morgan fingerprint density at radius 3 is 2.81 bits per heavy atom. The van der Waals surface area contributed by atoms with Crippen LogP contribution in [-0.4, -0.2) is 35.7 Å². The standard InChI is InChI=1S/C15H21N5O/c1-4-21-11-14-18-13(16-2)9-15(19-14)20(3)10-12-7-5-6-8-17-12/h5-9H,4,10-11H2,1-3H3,(H,16,18,19). The minimum absolute atomic E-state index is 0.413. The molecule has 0 saturated carbocycles. The molecule has 2 aromatic heterocycles. The van der Waals surface area contributed by atoms with Crippen LogP contribution < -0.4 is 10.2 Å². The second-order valence-electron chi connectivity index (χ2n) is 4.59. The maximum atomic E-state index is 5.39. The summed E-state index contributed by atoms with van der Waals surface area (Å²) in [5.41, 5.74) is 0.996. The molecule has 1 N–H and O–H groups in total. The zero-order valence-corrected chi connectivity index (χ0v) is 12.7. The van der Waals surface area contributed by atoms with Crippen LogP contribution in [0, 0.1) is 0 Å². The maximum Gasteiger partial charge on any atom is 0.158 e. The smallest absolute Gasteiger partial charge is 0.158 e. The van der Waals surface area contributed by atoms with Gasteiger partial charge < -0.3 is 15.0 Å². The molecule has 0 unspecified atom stereocenters. The largest absolute Gasteiger partial charge is 0.374 e. The third kappa shape index (κ3) is 4.39. The van der Waals surface area contributed by atoms with Crippen molar-refractivity contribution in [3.63, 3.8) is 0 Å². The summed E-state index contributed by atoms with van der Waals surface area (Å²) in [5.74, 6) is 2.30. The maximum absolute atomic E-state index is 5.39. The SMILES string of the molecule is CCOCc1nc(NC)cc(N(C)Cc2ccccn2)n1. The van der Waals surface area contributed by atoms with E-state index in [0.29, 0.717) is 25.6 Å². The molecule has 2 heterocycles. The monoisotopic (exact) mass is 287 g/mol. The Kier molecular flexibility index (Phi) is 5.45. The summed E-state index contributed by atoms with van der Waals surface area (Å²) in [6.07, 6.45) is 1.79. The van der Waals surface area contributed by atoms with Crippen molar-refractivity contribution in [2.24, 2.45) is 0 Å². The summed E-state index contributed by atoms with van der Waals surface area (Å²) >= 11 is 0. The van der Waals surface area contributed by atoms with Crippen molar-refractivity contribution >= 4 is 11.6 Å². The molecule has 0 aliphatic rings. The van der Waals surface area contributed by atoms with Gasteiger partial charge in [-0.25, -0.2) is 9.97 Å². The first-order valence-electron chi connectivity index (χ1n) is 6.97. The number of rotatable bonds is 7. The number of ether oxygens (including phenoxy) is 1. The van der Waals surface area contributed by atoms with Gasteiger partial charge in [-0.05, 0) is 19.1 Å². The van der Waals surface area contributed by atoms with Crippen LogP contribution in [0.3, 0.4) is 0 Å². The first-order valence-corrected chi connectivity index (χ1v) is 6.97. The van der Waals surface area contributed by atoms with E-state index in [1.807, 2.05) is 50.2 Å². The van der Waals surface area contributed by atoms with Crippen molar-refractivity contribution in [3.05, 3.63) is 42.0 Å². The number of nitrogens with zero attached hydrogens (tertiary/aromatic N) is 4. The van der Waals surface area contributed by atoms with Crippen LogP contribution in [0.1, 0.15) is 18.4 Å². The van der Waals surface area contributed by atoms with Gasteiger partial charge in [0.05, 0.1) is 12.2 Å². The molecule has 0 atom stereocenters. The van der Waals surface area contributed by atoms with Gasteiger partial charge >= 0.3 is 0 Å². The van der Waals surface area contributed by atoms with E-state index >= 15 is 0 Å². The first-order chi connectivity index (χ1) is 10.2. The molecule has 0 aromatic carbocycles. The van der Waals surface area contributed by atoms with E-state index in [2.05, 4.69) is 20.3 Å². The Morgan fingerprint density at radius 2 is 2.14 bits per heavy atom. The zero-order chi connectivity index (χ0) is 15.1. The predicted molar refractivity (Wildman–Crippen MR) is 83.3 cm³/mol. The Morgan fingerprint density at radius 1 is 1.29 bits per heavy atom. The lowest BCUT2D eigenvalue weighted by Crippen LogP contribution is -2.20. The van der Waals surface area contributed by atoms with Gasteiger partial charge in [0.15, 0.2) is 5.82 Å². The van der Waals surface area contributed by atoms with E-state index < -0.39 is 0 Å². The van der Waals surface area contributed by atoms with Crippen LogP contribution in [-0.2, 0) is 17.9 Å². The van der Waals surface area contributed by atoms with Crippen molar-refractivity contribution < 1.29 is 4.74 Å². The Bertz CT molecular complexity index is 561. The molecule has 0 saturated heterocycles. The van der Waals surface area contributed by atoms with Gasteiger partial charge in [-0.3, -0.25) is 4.98 Å². The van der Waals surface area contributed by atoms with Gasteiger partial charge in [-0.2, -0.15) is 0 Å². The van der Waals surface area contributed by atoms with Crippen LogP contribution in [0.15, 0.2) is 30.5 Å². The quantitative estimate of drug-likeness (QED) is 0.841. The Labute approximate surface area is 125 Å². The average Bonchev–Trinajstić information content (AvgIpc) is 2.53. The van der Waals surface area contributed by atoms with Crippen molar-refractivity contribution in [2.75, 3.05) is 30.9 Å². The molecule has 112 valence electrons. The Balaban J connectivity index is 2.16. The first kappa shape index (κ1) is 15.2. The highest BCUT2D eigenvalue weighted by Gasteiger charge is 2.09. The fraction of sp³-hybridized carbons (Fsp3) is 0.400. The third-order valence-corrected chi connectivity index (χ3v) is 2.97. The molecule has 0 aliphatic carbocycles. The Hall–Kier alpha value is -2.21. The number of hydrogen-bond donors (Lipinski definition) is 1. The normalized spacial score (nSPS) is 10.4. The molecule has 2 aromatic rings. The number of hydrogen-bond acceptors (Lipinski definition) is 6. The summed E-state index contributed by atoms with van der Waals surface area (Å²) < 4.78 is 5.39. The summed E-state index contributed by atoms with van der Waals surface area (Å²) in [6.45, 7) is 3.70. The zero-order valence-electron chi connectivity index (χ0n) is 12.7. The van der Waals surface area contributed by atoms with Gasteiger partial charge in [0.25, 0.3) is 0 Å². The lowest BCUT2D eigenvalue weighted by molar-refractivity contribution is 0.128. The molecule has 0 spiro atoms. The fourth-order valence-corrected chi connectivity index (χ4v) is 1.88. The van der Waals surface area contributed by atoms with Crippen molar-refractivity contribution in [1.82, 2.24) is 15.0 Å². The molecule has 0 fully saturated rings. The highest BCUT2D eigenvalue weighted by atomic mass is 16.5. The van der Waals surface area contributed by atoms with Crippen LogP contribution >= 0.6 is 0 Å². The number of aromatic nitrogens is 3. The van der Waals surface area contributed by atoms with Gasteiger partial charge in [0.1, 0.15) is 18.2 Å². The van der Waals surface area contributed by atoms with Crippen LogP contribution in [0.2, 0.25) is 0 Å². The van der Waals surface area contributed by atoms with Gasteiger partial charge in [0, 0.05) is 33.0 Å². The van der Waals surface area contributed by atoms with E-state index in [1.54, 1.807) is 6.20 Å². The van der Waals surface area contributed by atoms with E-state index in [-0.39, 0.29) is 0 Å². The van der Waals surface area contributed by atoms with Crippen molar-refractivity contribution in [2.45, 2.75) is 20.1 Å². The molecule has 2 rings (SSSR count). The highest BCUT2D eigenvalue weighted by Crippen LogP contribution is 2.16. The lowest BCUT2D eigenvalue weighted by Gasteiger charge is -2.19. The molecular weight excluding hydrogens is 266 g/mol. The van der Waals surface area contributed by atoms with Crippen LogP contribution in [0.25, 0.3) is 0 Å². The van der Waals surface area contributed by atoms with E-state index in [1.165, 1.54) is 0 Å². The lowest BCUT2D eigenvalue weighted by atomic mass is 10.3. The summed E-state index contributed by atoms with van der Waals surface area (Å²) in [4.78, 5) is 15.3. The second kappa shape index (κ2) is 7.54. The summed E-state index contributed by atoms with van der Waals surface area (Å²) in [5, 5.41) is 3.05. The molecule has 6 nitrogen and oxygen atoms in total. The summed E-state index contributed by atoms with van der Waals surface area (Å²) in [7, 11) is 3.83. The molecule has 0 aliphatic heterocycles. The van der Waals surface area contributed by atoms with Gasteiger partial charge in [-0.1, -0.05) is 6.07 Å². The molecule has 0 bridgehead atoms. The minimum Gasteiger partial charge on any atom is -0.374 e. The molecule has 0 amide bonds. The average molecular weight is 287 g/mol. The topological polar surface area (TPSA) is 63.2 Å². The van der Waals surface area contributed by atoms with E-state index in [4.69, 9.17) is 4.74 Å². The van der Waals surface area contributed by atoms with Crippen molar-refractivity contribution in [3.8, 4) is 0 Å². The van der Waals surface area contributed by atoms with E-state index in [9.17, 15) is 0 Å². The van der Waals surface area contributed by atoms with Crippen LogP contribution in [0.4, 0.5) is 11.6 Å². The number of anilines is 2. The number of nitrogens with one attached hydrogen (secondary N) is 1. The van der Waals surface area contributed by atoms with E-state index in [0.717, 1.165) is 17.3 Å². The fourth-order valence-electron chi connectivity index (χ4n) is 1.88. The second-order valence-corrected chi connectivity index (χ2v) is 4.59. The van der Waals surface area contributed by atoms with Crippen LogP contribution in [0.5, 0.6) is 0 Å². The molecule has 0 radical (unpaired) electrons. The number of pyridine rings is 1. The molecular formula is C15H21N5O. The summed E-state index contributed by atoms with van der Waals surface area (Å²) in [6, 6.07) is 7.80. The van der Waals surface area contributed by atoms with Crippen molar-refractivity contribution in [1.29, 1.82) is 0 Å². The minimum atomic E-state index is 0.413. The molecule has 6 heteroatoms. The highest BCUT2D eigenvalue weighted by molar-refractivity contribution is 5.48. The van der Waals surface area contributed by atoms with Gasteiger partial charge in [-0.15, -0.1) is 0 Å². The predicted octanol–water partition coefficient (Wildman–Crippen LogP) is 2.09. The third-order valence-electron chi connectivity index (χ3n) is 2.97. The van der Waals surface area contributed by atoms with Gasteiger partial charge in [0.2, 0.25) is 0 Å².